The number of pyridine rings is 1. The van der Waals surface area contributed by atoms with Crippen molar-refractivity contribution >= 4 is 21.6 Å². The van der Waals surface area contributed by atoms with Gasteiger partial charge in [0.1, 0.15) is 0 Å². The third-order valence-electron chi connectivity index (χ3n) is 2.42. The number of rotatable bonds is 3. The van der Waals surface area contributed by atoms with Gasteiger partial charge < -0.3 is 5.32 Å². The Kier molecular flexibility index (Phi) is 3.57. The predicted octanol–water partition coefficient (Wildman–Crippen LogP) is 3.76. The van der Waals surface area contributed by atoms with E-state index in [1.54, 1.807) is 6.20 Å². The maximum absolute atomic E-state index is 4.07. The Labute approximate surface area is 104 Å². The van der Waals surface area contributed by atoms with Crippen LogP contribution >= 0.6 is 15.9 Å². The van der Waals surface area contributed by atoms with Crippen molar-refractivity contribution in [1.82, 2.24) is 4.98 Å². The molecule has 2 aromatic rings. The molecule has 3 heteroatoms. The molecule has 0 saturated heterocycles. The predicted molar refractivity (Wildman–Crippen MR) is 70.4 cm³/mol. The molecule has 0 atom stereocenters. The normalized spacial score (nSPS) is 10.1. The second-order valence-corrected chi connectivity index (χ2v) is 4.59. The molecule has 2 rings (SSSR count). The molecule has 82 valence electrons. The monoisotopic (exact) mass is 276 g/mol. The molecule has 0 fully saturated rings. The lowest BCUT2D eigenvalue weighted by Gasteiger charge is -2.08. The molecule has 1 aromatic carbocycles. The number of benzene rings is 1. The van der Waals surface area contributed by atoms with Crippen LogP contribution in [0.4, 0.5) is 5.69 Å². The van der Waals surface area contributed by atoms with Gasteiger partial charge in [-0.3, -0.25) is 4.98 Å². The molecule has 0 aliphatic carbocycles. The number of aryl methyl sites for hydroxylation is 1. The molecule has 2 nitrogen and oxygen atoms in total. The number of hydrogen-bond acceptors (Lipinski definition) is 2. The van der Waals surface area contributed by atoms with Gasteiger partial charge in [0.05, 0.1) is 0 Å². The summed E-state index contributed by atoms with van der Waals surface area (Å²) >= 11 is 3.42. The quantitative estimate of drug-likeness (QED) is 0.923. The van der Waals surface area contributed by atoms with Crippen molar-refractivity contribution in [2.45, 2.75) is 13.5 Å². The lowest BCUT2D eigenvalue weighted by molar-refractivity contribution is 1.13. The Morgan fingerprint density at radius 1 is 1.19 bits per heavy atom. The highest BCUT2D eigenvalue weighted by Gasteiger charge is 1.97. The van der Waals surface area contributed by atoms with E-state index in [2.05, 4.69) is 57.4 Å². The fraction of sp³-hybridized carbons (Fsp3) is 0.154. The zero-order valence-electron chi connectivity index (χ0n) is 9.07. The molecular weight excluding hydrogens is 264 g/mol. The SMILES string of the molecule is Cc1cnccc1NCc1ccc(Br)cc1. The largest absolute Gasteiger partial charge is 0.381 e. The summed E-state index contributed by atoms with van der Waals surface area (Å²) in [4.78, 5) is 4.07. The second-order valence-electron chi connectivity index (χ2n) is 3.67. The van der Waals surface area contributed by atoms with Crippen molar-refractivity contribution in [3.05, 3.63) is 58.3 Å². The Bertz CT molecular complexity index is 466. The molecule has 1 aromatic heterocycles. The minimum atomic E-state index is 0.831. The first-order valence-electron chi connectivity index (χ1n) is 5.14. The van der Waals surface area contributed by atoms with Gasteiger partial charge in [-0.1, -0.05) is 28.1 Å². The third kappa shape index (κ3) is 2.83. The van der Waals surface area contributed by atoms with Gasteiger partial charge >= 0.3 is 0 Å². The van der Waals surface area contributed by atoms with Gasteiger partial charge in [0.15, 0.2) is 0 Å². The molecule has 0 bridgehead atoms. The Balaban J connectivity index is 2.02. The molecule has 0 saturated carbocycles. The molecule has 0 amide bonds. The van der Waals surface area contributed by atoms with Gasteiger partial charge in [-0.2, -0.15) is 0 Å². The maximum Gasteiger partial charge on any atom is 0.0403 e. The van der Waals surface area contributed by atoms with Crippen molar-refractivity contribution in [2.75, 3.05) is 5.32 Å². The van der Waals surface area contributed by atoms with Crippen LogP contribution in [0.2, 0.25) is 0 Å². The first-order valence-corrected chi connectivity index (χ1v) is 5.94. The standard InChI is InChI=1S/C13H13BrN2/c1-10-8-15-7-6-13(10)16-9-11-2-4-12(14)5-3-11/h2-8H,9H2,1H3,(H,15,16). The number of nitrogens with zero attached hydrogens (tertiary/aromatic N) is 1. The van der Waals surface area contributed by atoms with Crippen molar-refractivity contribution in [3.63, 3.8) is 0 Å². The summed E-state index contributed by atoms with van der Waals surface area (Å²) in [6.45, 7) is 2.88. The number of hydrogen-bond donors (Lipinski definition) is 1. The first kappa shape index (κ1) is 11.1. The van der Waals surface area contributed by atoms with Crippen LogP contribution < -0.4 is 5.32 Å². The molecule has 0 spiro atoms. The summed E-state index contributed by atoms with van der Waals surface area (Å²) in [5.41, 5.74) is 3.57. The zero-order valence-corrected chi connectivity index (χ0v) is 10.7. The van der Waals surface area contributed by atoms with Crippen LogP contribution in [0.15, 0.2) is 47.2 Å². The number of aromatic nitrogens is 1. The minimum absolute atomic E-state index is 0.831. The molecule has 1 N–H and O–H groups in total. The van der Waals surface area contributed by atoms with E-state index in [1.165, 1.54) is 11.1 Å². The lowest BCUT2D eigenvalue weighted by Crippen LogP contribution is -2.00. The van der Waals surface area contributed by atoms with Crippen molar-refractivity contribution in [1.29, 1.82) is 0 Å². The topological polar surface area (TPSA) is 24.9 Å². The third-order valence-corrected chi connectivity index (χ3v) is 2.95. The fourth-order valence-corrected chi connectivity index (χ4v) is 1.74. The summed E-state index contributed by atoms with van der Waals surface area (Å²) in [6.07, 6.45) is 3.67. The number of halogens is 1. The fourth-order valence-electron chi connectivity index (χ4n) is 1.47. The van der Waals surface area contributed by atoms with Gasteiger partial charge in [-0.25, -0.2) is 0 Å². The van der Waals surface area contributed by atoms with E-state index in [-0.39, 0.29) is 0 Å². The van der Waals surface area contributed by atoms with E-state index < -0.39 is 0 Å². The molecule has 16 heavy (non-hydrogen) atoms. The van der Waals surface area contributed by atoms with Crippen LogP contribution in [-0.2, 0) is 6.54 Å². The van der Waals surface area contributed by atoms with Gasteiger partial charge in [0.25, 0.3) is 0 Å². The summed E-state index contributed by atoms with van der Waals surface area (Å²) in [5, 5.41) is 3.39. The van der Waals surface area contributed by atoms with Crippen LogP contribution in [0, 0.1) is 6.92 Å². The maximum atomic E-state index is 4.07. The number of anilines is 1. The Morgan fingerprint density at radius 2 is 1.94 bits per heavy atom. The van der Waals surface area contributed by atoms with Gasteiger partial charge in [0.2, 0.25) is 0 Å². The summed E-state index contributed by atoms with van der Waals surface area (Å²) in [5.74, 6) is 0. The van der Waals surface area contributed by atoms with E-state index >= 15 is 0 Å². The molecular formula is C13H13BrN2. The van der Waals surface area contributed by atoms with E-state index in [1.807, 2.05) is 12.3 Å². The Morgan fingerprint density at radius 3 is 2.62 bits per heavy atom. The van der Waals surface area contributed by atoms with Gasteiger partial charge in [-0.15, -0.1) is 0 Å². The summed E-state index contributed by atoms with van der Waals surface area (Å²) < 4.78 is 1.11. The van der Waals surface area contributed by atoms with E-state index in [9.17, 15) is 0 Å². The summed E-state index contributed by atoms with van der Waals surface area (Å²) in [6, 6.07) is 10.3. The van der Waals surface area contributed by atoms with Crippen molar-refractivity contribution in [3.8, 4) is 0 Å². The molecule has 1 heterocycles. The van der Waals surface area contributed by atoms with Crippen LogP contribution in [0.3, 0.4) is 0 Å². The lowest BCUT2D eigenvalue weighted by atomic mass is 10.2. The van der Waals surface area contributed by atoms with Crippen LogP contribution in [0.5, 0.6) is 0 Å². The average molecular weight is 277 g/mol. The molecule has 0 radical (unpaired) electrons. The number of nitrogens with one attached hydrogen (secondary N) is 1. The van der Waals surface area contributed by atoms with E-state index in [4.69, 9.17) is 0 Å². The highest BCUT2D eigenvalue weighted by atomic mass is 79.9. The van der Waals surface area contributed by atoms with Crippen LogP contribution in [0.25, 0.3) is 0 Å². The first-order chi connectivity index (χ1) is 7.75. The second kappa shape index (κ2) is 5.12. The zero-order chi connectivity index (χ0) is 11.4. The summed E-state index contributed by atoms with van der Waals surface area (Å²) in [7, 11) is 0. The molecule has 0 unspecified atom stereocenters. The highest BCUT2D eigenvalue weighted by Crippen LogP contribution is 2.15. The van der Waals surface area contributed by atoms with Crippen LogP contribution in [0.1, 0.15) is 11.1 Å². The van der Waals surface area contributed by atoms with Crippen LogP contribution in [-0.4, -0.2) is 4.98 Å². The van der Waals surface area contributed by atoms with Crippen molar-refractivity contribution < 1.29 is 0 Å². The molecule has 0 aliphatic rings. The van der Waals surface area contributed by atoms with Gasteiger partial charge in [0, 0.05) is 29.1 Å². The smallest absolute Gasteiger partial charge is 0.0403 e. The minimum Gasteiger partial charge on any atom is -0.381 e. The van der Waals surface area contributed by atoms with E-state index in [0.29, 0.717) is 0 Å². The Hall–Kier alpha value is -1.35. The van der Waals surface area contributed by atoms with Crippen molar-refractivity contribution in [2.24, 2.45) is 0 Å². The molecule has 0 aliphatic heterocycles. The average Bonchev–Trinajstić information content (AvgIpc) is 2.30. The highest BCUT2D eigenvalue weighted by molar-refractivity contribution is 9.10. The van der Waals surface area contributed by atoms with Gasteiger partial charge in [-0.05, 0) is 36.2 Å². The van der Waals surface area contributed by atoms with E-state index in [0.717, 1.165) is 16.7 Å².